The molecule has 0 aliphatic carbocycles. The van der Waals surface area contributed by atoms with Gasteiger partial charge in [0.15, 0.2) is 0 Å². The van der Waals surface area contributed by atoms with Gasteiger partial charge in [-0.3, -0.25) is 14.4 Å². The fourth-order valence-electron chi connectivity index (χ4n) is 2.74. The van der Waals surface area contributed by atoms with Crippen LogP contribution in [-0.2, 0) is 9.59 Å². The minimum atomic E-state index is -2.21. The normalized spacial score (nSPS) is 11.0. The fraction of sp³-hybridized carbons (Fsp3) is 0.0556. The number of carbonyl (C=O) groups is 2. The van der Waals surface area contributed by atoms with Crippen molar-refractivity contribution in [1.29, 1.82) is 0 Å². The number of aromatic hydroxyl groups is 3. The SMILES string of the molecule is O=C(O)C(C(=O)O)c1oc2cc(O)cc(O)c2c(=O)c1-c1ccc(O)cc1. The summed E-state index contributed by atoms with van der Waals surface area (Å²) in [6.45, 7) is 0. The molecule has 0 fully saturated rings. The fourth-order valence-corrected chi connectivity index (χ4v) is 2.74. The Morgan fingerprint density at radius 3 is 2.04 bits per heavy atom. The molecule has 0 spiro atoms. The molecular formula is C18H12O9. The van der Waals surface area contributed by atoms with E-state index in [0.717, 1.165) is 12.1 Å². The number of aliphatic carboxylic acids is 2. The molecule has 0 amide bonds. The highest BCUT2D eigenvalue weighted by Gasteiger charge is 2.35. The molecule has 0 radical (unpaired) electrons. The van der Waals surface area contributed by atoms with Gasteiger partial charge in [0.25, 0.3) is 0 Å². The van der Waals surface area contributed by atoms with E-state index in [1.807, 2.05) is 0 Å². The van der Waals surface area contributed by atoms with E-state index in [9.17, 15) is 39.9 Å². The van der Waals surface area contributed by atoms with Crippen LogP contribution in [0.2, 0.25) is 0 Å². The van der Waals surface area contributed by atoms with E-state index in [0.29, 0.717) is 0 Å². The Bertz CT molecular complexity index is 1110. The lowest BCUT2D eigenvalue weighted by atomic mass is 9.94. The molecule has 0 bridgehead atoms. The second-order valence-corrected chi connectivity index (χ2v) is 5.66. The van der Waals surface area contributed by atoms with Crippen LogP contribution in [0.1, 0.15) is 11.7 Å². The van der Waals surface area contributed by atoms with Crippen LogP contribution in [-0.4, -0.2) is 37.5 Å². The molecule has 9 heteroatoms. The zero-order valence-electron chi connectivity index (χ0n) is 13.4. The summed E-state index contributed by atoms with van der Waals surface area (Å²) in [5, 5.41) is 47.3. The smallest absolute Gasteiger partial charge is 0.325 e. The van der Waals surface area contributed by atoms with Crippen LogP contribution in [0.4, 0.5) is 0 Å². The summed E-state index contributed by atoms with van der Waals surface area (Å²) < 4.78 is 5.36. The van der Waals surface area contributed by atoms with Gasteiger partial charge in [0.05, 0.1) is 5.56 Å². The topological polar surface area (TPSA) is 165 Å². The first-order valence-corrected chi connectivity index (χ1v) is 7.48. The van der Waals surface area contributed by atoms with Gasteiger partial charge in [-0.15, -0.1) is 0 Å². The minimum Gasteiger partial charge on any atom is -0.508 e. The summed E-state index contributed by atoms with van der Waals surface area (Å²) in [6, 6.07) is 6.84. The van der Waals surface area contributed by atoms with E-state index < -0.39 is 46.1 Å². The van der Waals surface area contributed by atoms with Gasteiger partial charge in [0.1, 0.15) is 34.0 Å². The molecule has 0 saturated carbocycles. The Hall–Kier alpha value is -4.01. The molecule has 1 heterocycles. The van der Waals surface area contributed by atoms with Gasteiger partial charge in [0, 0.05) is 12.1 Å². The van der Waals surface area contributed by atoms with E-state index in [-0.39, 0.29) is 22.3 Å². The summed E-state index contributed by atoms with van der Waals surface area (Å²) in [4.78, 5) is 35.9. The molecule has 0 unspecified atom stereocenters. The third-order valence-corrected chi connectivity index (χ3v) is 3.90. The lowest BCUT2D eigenvalue weighted by molar-refractivity contribution is -0.150. The second kappa shape index (κ2) is 6.37. The summed E-state index contributed by atoms with van der Waals surface area (Å²) in [7, 11) is 0. The van der Waals surface area contributed by atoms with Crippen molar-refractivity contribution in [3.8, 4) is 28.4 Å². The lowest BCUT2D eigenvalue weighted by Gasteiger charge is -2.14. The van der Waals surface area contributed by atoms with Crippen molar-refractivity contribution >= 4 is 22.9 Å². The average molecular weight is 372 g/mol. The first kappa shape index (κ1) is 17.8. The van der Waals surface area contributed by atoms with Crippen LogP contribution in [0.15, 0.2) is 45.6 Å². The highest BCUT2D eigenvalue weighted by molar-refractivity contribution is 6.01. The zero-order valence-corrected chi connectivity index (χ0v) is 13.4. The van der Waals surface area contributed by atoms with Crippen molar-refractivity contribution in [2.45, 2.75) is 5.92 Å². The van der Waals surface area contributed by atoms with Crippen LogP contribution >= 0.6 is 0 Å². The Kier molecular flexibility index (Phi) is 4.20. The van der Waals surface area contributed by atoms with Gasteiger partial charge in [0.2, 0.25) is 11.3 Å². The van der Waals surface area contributed by atoms with E-state index in [4.69, 9.17) is 4.42 Å². The van der Waals surface area contributed by atoms with E-state index >= 15 is 0 Å². The number of fused-ring (bicyclic) bond motifs is 1. The predicted molar refractivity (Wildman–Crippen MR) is 90.9 cm³/mol. The molecule has 27 heavy (non-hydrogen) atoms. The molecule has 9 nitrogen and oxygen atoms in total. The molecule has 0 aliphatic rings. The van der Waals surface area contributed by atoms with Crippen molar-refractivity contribution in [2.75, 3.05) is 0 Å². The number of benzene rings is 2. The van der Waals surface area contributed by atoms with Gasteiger partial charge in [-0.1, -0.05) is 12.1 Å². The van der Waals surface area contributed by atoms with Gasteiger partial charge in [-0.2, -0.15) is 0 Å². The largest absolute Gasteiger partial charge is 0.508 e. The summed E-state index contributed by atoms with van der Waals surface area (Å²) in [6.07, 6.45) is 0. The first-order chi connectivity index (χ1) is 12.7. The highest BCUT2D eigenvalue weighted by Crippen LogP contribution is 2.35. The lowest BCUT2D eigenvalue weighted by Crippen LogP contribution is -2.24. The third kappa shape index (κ3) is 3.01. The quantitative estimate of drug-likeness (QED) is 0.429. The van der Waals surface area contributed by atoms with Gasteiger partial charge >= 0.3 is 11.9 Å². The molecule has 3 rings (SSSR count). The Balaban J connectivity index is 2.49. The van der Waals surface area contributed by atoms with Crippen LogP contribution in [0.3, 0.4) is 0 Å². The van der Waals surface area contributed by atoms with Gasteiger partial charge in [-0.05, 0) is 17.7 Å². The van der Waals surface area contributed by atoms with E-state index in [1.165, 1.54) is 24.3 Å². The maximum atomic E-state index is 13.0. The standard InChI is InChI=1S/C18H12O9/c19-8-3-1-7(2-4-8)12-15(22)13-10(21)5-9(20)6-11(13)27-16(12)14(17(23)24)18(25)26/h1-6,14,19-21H,(H,23,24)(H,25,26). The van der Waals surface area contributed by atoms with Crippen molar-refractivity contribution in [2.24, 2.45) is 0 Å². The zero-order chi connectivity index (χ0) is 19.9. The first-order valence-electron chi connectivity index (χ1n) is 7.48. The van der Waals surface area contributed by atoms with Gasteiger partial charge < -0.3 is 29.9 Å². The number of hydrogen-bond donors (Lipinski definition) is 5. The molecule has 0 atom stereocenters. The molecule has 1 aromatic heterocycles. The molecule has 138 valence electrons. The summed E-state index contributed by atoms with van der Waals surface area (Å²) >= 11 is 0. The van der Waals surface area contributed by atoms with Crippen LogP contribution in [0.25, 0.3) is 22.1 Å². The average Bonchev–Trinajstić information content (AvgIpc) is 2.54. The summed E-state index contributed by atoms with van der Waals surface area (Å²) in [5.41, 5.74) is -1.57. The van der Waals surface area contributed by atoms with Crippen molar-refractivity contribution in [3.05, 3.63) is 52.4 Å². The number of carboxylic acid groups (broad SMARTS) is 2. The van der Waals surface area contributed by atoms with E-state index in [2.05, 4.69) is 0 Å². The molecule has 2 aromatic carbocycles. The molecule has 3 aromatic rings. The monoisotopic (exact) mass is 372 g/mol. The molecule has 0 saturated heterocycles. The Labute approximate surface area is 150 Å². The minimum absolute atomic E-state index is 0.0819. The maximum absolute atomic E-state index is 13.0. The number of carboxylic acids is 2. The van der Waals surface area contributed by atoms with Crippen LogP contribution in [0.5, 0.6) is 17.2 Å². The molecule has 0 aliphatic heterocycles. The van der Waals surface area contributed by atoms with Crippen LogP contribution in [0, 0.1) is 0 Å². The molecular weight excluding hydrogens is 360 g/mol. The second-order valence-electron chi connectivity index (χ2n) is 5.66. The maximum Gasteiger partial charge on any atom is 0.325 e. The highest BCUT2D eigenvalue weighted by atomic mass is 16.4. The Morgan fingerprint density at radius 1 is 0.889 bits per heavy atom. The predicted octanol–water partition coefficient (Wildman–Crippen LogP) is 1.83. The number of phenolic OH excluding ortho intramolecular Hbond substituents is 3. The number of rotatable bonds is 4. The molecule has 5 N–H and O–H groups in total. The summed E-state index contributed by atoms with van der Waals surface area (Å²) in [5.74, 6) is -7.64. The van der Waals surface area contributed by atoms with Crippen molar-refractivity contribution < 1.29 is 39.5 Å². The third-order valence-electron chi connectivity index (χ3n) is 3.90. The van der Waals surface area contributed by atoms with Crippen molar-refractivity contribution in [3.63, 3.8) is 0 Å². The van der Waals surface area contributed by atoms with Crippen molar-refractivity contribution in [1.82, 2.24) is 0 Å². The van der Waals surface area contributed by atoms with Gasteiger partial charge in [-0.25, -0.2) is 0 Å². The van der Waals surface area contributed by atoms with Crippen LogP contribution < -0.4 is 5.43 Å². The van der Waals surface area contributed by atoms with E-state index in [1.54, 1.807) is 0 Å². The number of hydrogen-bond acceptors (Lipinski definition) is 7. The number of phenols is 3. The Morgan fingerprint density at radius 2 is 1.48 bits per heavy atom.